The molecule has 0 aliphatic heterocycles. The van der Waals surface area contributed by atoms with E-state index in [1.165, 1.54) is 5.56 Å². The molecule has 0 unspecified atom stereocenters. The van der Waals surface area contributed by atoms with Crippen LogP contribution in [0.5, 0.6) is 5.75 Å². The first-order valence-electron chi connectivity index (χ1n) is 6.15. The van der Waals surface area contributed by atoms with Crippen molar-refractivity contribution in [2.75, 3.05) is 7.11 Å². The number of halogens is 1. The molecule has 3 aromatic rings. The Morgan fingerprint density at radius 3 is 3.00 bits per heavy atom. The number of rotatable bonds is 4. The molecule has 2 aromatic carbocycles. The molecule has 1 heterocycles. The van der Waals surface area contributed by atoms with E-state index in [0.717, 1.165) is 27.7 Å². The number of fused-ring (bicyclic) bond motifs is 1. The van der Waals surface area contributed by atoms with Gasteiger partial charge in [-0.3, -0.25) is 0 Å². The van der Waals surface area contributed by atoms with Gasteiger partial charge in [0.25, 0.3) is 0 Å². The lowest BCUT2D eigenvalue weighted by atomic mass is 10.2. The first kappa shape index (κ1) is 13.3. The van der Waals surface area contributed by atoms with Gasteiger partial charge >= 0.3 is 0 Å². The Balaban J connectivity index is 1.76. The minimum absolute atomic E-state index is 0.713. The normalized spacial score (nSPS) is 10.9. The molecule has 102 valence electrons. The molecular weight excluding hydrogens is 292 g/mol. The van der Waals surface area contributed by atoms with Crippen LogP contribution in [0.1, 0.15) is 5.56 Å². The van der Waals surface area contributed by atoms with Gasteiger partial charge in [0.1, 0.15) is 5.75 Å². The van der Waals surface area contributed by atoms with Gasteiger partial charge in [0.05, 0.1) is 18.1 Å². The molecule has 0 aliphatic rings. The summed E-state index contributed by atoms with van der Waals surface area (Å²) in [6, 6.07) is 13.7. The molecule has 5 heteroatoms. The molecule has 0 spiro atoms. The summed E-state index contributed by atoms with van der Waals surface area (Å²) in [6.45, 7) is 0. The van der Waals surface area contributed by atoms with Crippen LogP contribution in [0.2, 0.25) is 5.02 Å². The number of hydrogen-bond acceptors (Lipinski definition) is 3. The van der Waals surface area contributed by atoms with Crippen molar-refractivity contribution in [2.45, 2.75) is 10.9 Å². The molecule has 0 bridgehead atoms. The van der Waals surface area contributed by atoms with Crippen molar-refractivity contribution in [1.29, 1.82) is 0 Å². The summed E-state index contributed by atoms with van der Waals surface area (Å²) in [7, 11) is 1.68. The van der Waals surface area contributed by atoms with Crippen molar-refractivity contribution in [1.82, 2.24) is 9.97 Å². The highest BCUT2D eigenvalue weighted by Crippen LogP contribution is 2.25. The van der Waals surface area contributed by atoms with Crippen molar-refractivity contribution >= 4 is 34.4 Å². The van der Waals surface area contributed by atoms with E-state index in [2.05, 4.69) is 16.0 Å². The van der Waals surface area contributed by atoms with Gasteiger partial charge < -0.3 is 9.72 Å². The second kappa shape index (κ2) is 5.77. The van der Waals surface area contributed by atoms with Crippen LogP contribution in [-0.4, -0.2) is 17.1 Å². The third-order valence-corrected chi connectivity index (χ3v) is 4.11. The summed E-state index contributed by atoms with van der Waals surface area (Å²) < 4.78 is 5.22. The number of imidazole rings is 1. The minimum atomic E-state index is 0.713. The highest BCUT2D eigenvalue weighted by molar-refractivity contribution is 7.98. The van der Waals surface area contributed by atoms with E-state index in [4.69, 9.17) is 16.3 Å². The zero-order valence-corrected chi connectivity index (χ0v) is 12.5. The fourth-order valence-electron chi connectivity index (χ4n) is 1.94. The van der Waals surface area contributed by atoms with Crippen molar-refractivity contribution < 1.29 is 4.74 Å². The average molecular weight is 305 g/mol. The molecule has 3 rings (SSSR count). The van der Waals surface area contributed by atoms with E-state index in [1.54, 1.807) is 18.9 Å². The Morgan fingerprint density at radius 2 is 2.15 bits per heavy atom. The number of methoxy groups -OCH3 is 1. The van der Waals surface area contributed by atoms with Gasteiger partial charge in [-0.25, -0.2) is 4.98 Å². The van der Waals surface area contributed by atoms with Crippen LogP contribution in [0.15, 0.2) is 47.6 Å². The number of ether oxygens (including phenoxy) is 1. The zero-order valence-electron chi connectivity index (χ0n) is 10.9. The third kappa shape index (κ3) is 2.92. The zero-order chi connectivity index (χ0) is 13.9. The highest BCUT2D eigenvalue weighted by atomic mass is 35.5. The van der Waals surface area contributed by atoms with Crippen LogP contribution >= 0.6 is 23.4 Å². The molecule has 20 heavy (non-hydrogen) atoms. The SMILES string of the molecule is COc1cccc(CSc2nc3ccc(Cl)cc3[nH]2)c1. The van der Waals surface area contributed by atoms with E-state index < -0.39 is 0 Å². The number of hydrogen-bond donors (Lipinski definition) is 1. The number of aromatic amines is 1. The molecule has 0 aliphatic carbocycles. The number of thioether (sulfide) groups is 1. The molecule has 0 atom stereocenters. The van der Waals surface area contributed by atoms with Crippen molar-refractivity contribution in [3.05, 3.63) is 53.1 Å². The lowest BCUT2D eigenvalue weighted by Crippen LogP contribution is -1.86. The summed E-state index contributed by atoms with van der Waals surface area (Å²) >= 11 is 7.62. The Bertz CT molecular complexity index is 742. The van der Waals surface area contributed by atoms with Gasteiger partial charge in [-0.2, -0.15) is 0 Å². The largest absolute Gasteiger partial charge is 0.497 e. The van der Waals surface area contributed by atoms with Crippen molar-refractivity contribution in [3.8, 4) is 5.75 Å². The molecule has 0 amide bonds. The molecule has 0 saturated heterocycles. The average Bonchev–Trinajstić information content (AvgIpc) is 2.87. The smallest absolute Gasteiger partial charge is 0.166 e. The van der Waals surface area contributed by atoms with Gasteiger partial charge in [-0.15, -0.1) is 0 Å². The summed E-state index contributed by atoms with van der Waals surface area (Å²) in [5.74, 6) is 1.71. The van der Waals surface area contributed by atoms with Crippen molar-refractivity contribution in [3.63, 3.8) is 0 Å². The van der Waals surface area contributed by atoms with Crippen LogP contribution < -0.4 is 4.74 Å². The maximum Gasteiger partial charge on any atom is 0.166 e. The monoisotopic (exact) mass is 304 g/mol. The van der Waals surface area contributed by atoms with Gasteiger partial charge in [-0.1, -0.05) is 35.5 Å². The quantitative estimate of drug-likeness (QED) is 0.720. The van der Waals surface area contributed by atoms with Crippen LogP contribution in [-0.2, 0) is 5.75 Å². The van der Waals surface area contributed by atoms with Gasteiger partial charge in [-0.05, 0) is 35.9 Å². The summed E-state index contributed by atoms with van der Waals surface area (Å²) in [4.78, 5) is 7.80. The molecule has 1 aromatic heterocycles. The molecule has 0 saturated carbocycles. The van der Waals surface area contributed by atoms with E-state index in [1.807, 2.05) is 36.4 Å². The lowest BCUT2D eigenvalue weighted by Gasteiger charge is -2.02. The van der Waals surface area contributed by atoms with E-state index >= 15 is 0 Å². The Hall–Kier alpha value is -1.65. The van der Waals surface area contributed by atoms with Crippen LogP contribution in [0.4, 0.5) is 0 Å². The lowest BCUT2D eigenvalue weighted by molar-refractivity contribution is 0.414. The van der Waals surface area contributed by atoms with E-state index in [-0.39, 0.29) is 0 Å². The molecule has 3 nitrogen and oxygen atoms in total. The molecule has 0 radical (unpaired) electrons. The molecule has 1 N–H and O–H groups in total. The number of benzene rings is 2. The Kier molecular flexibility index (Phi) is 3.85. The third-order valence-electron chi connectivity index (χ3n) is 2.93. The predicted molar refractivity (Wildman–Crippen MR) is 83.7 cm³/mol. The second-order valence-corrected chi connectivity index (χ2v) is 5.74. The topological polar surface area (TPSA) is 37.9 Å². The Morgan fingerprint density at radius 1 is 1.25 bits per heavy atom. The fourth-order valence-corrected chi connectivity index (χ4v) is 2.94. The number of nitrogens with one attached hydrogen (secondary N) is 1. The van der Waals surface area contributed by atoms with Crippen LogP contribution in [0, 0.1) is 0 Å². The van der Waals surface area contributed by atoms with Gasteiger partial charge in [0, 0.05) is 10.8 Å². The standard InChI is InChI=1S/C15H13ClN2OS/c1-19-12-4-2-3-10(7-12)9-20-15-17-13-6-5-11(16)8-14(13)18-15/h2-8H,9H2,1H3,(H,17,18). The van der Waals surface area contributed by atoms with E-state index in [9.17, 15) is 0 Å². The second-order valence-electron chi connectivity index (χ2n) is 4.34. The maximum atomic E-state index is 5.97. The van der Waals surface area contributed by atoms with E-state index in [0.29, 0.717) is 5.02 Å². The highest BCUT2D eigenvalue weighted by Gasteiger charge is 2.05. The molecular formula is C15H13ClN2OS. The summed E-state index contributed by atoms with van der Waals surface area (Å²) in [5.41, 5.74) is 3.10. The number of aromatic nitrogens is 2. The predicted octanol–water partition coefficient (Wildman–Crippen LogP) is 4.52. The Labute approximate surface area is 126 Å². The fraction of sp³-hybridized carbons (Fsp3) is 0.133. The summed E-state index contributed by atoms with van der Waals surface area (Å²) in [6.07, 6.45) is 0. The minimum Gasteiger partial charge on any atom is -0.497 e. The van der Waals surface area contributed by atoms with Gasteiger partial charge in [0.15, 0.2) is 5.16 Å². The number of nitrogens with zero attached hydrogens (tertiary/aromatic N) is 1. The van der Waals surface area contributed by atoms with Crippen LogP contribution in [0.25, 0.3) is 11.0 Å². The van der Waals surface area contributed by atoms with Crippen LogP contribution in [0.3, 0.4) is 0 Å². The number of H-pyrrole nitrogens is 1. The molecule has 0 fully saturated rings. The first-order valence-corrected chi connectivity index (χ1v) is 7.52. The van der Waals surface area contributed by atoms with Crippen molar-refractivity contribution in [2.24, 2.45) is 0 Å². The van der Waals surface area contributed by atoms with Gasteiger partial charge in [0.2, 0.25) is 0 Å². The summed E-state index contributed by atoms with van der Waals surface area (Å²) in [5, 5.41) is 1.61. The first-order chi connectivity index (χ1) is 9.74. The maximum absolute atomic E-state index is 5.97.